The quantitative estimate of drug-likeness (QED) is 0.745. The summed E-state index contributed by atoms with van der Waals surface area (Å²) in [5, 5.41) is 3.49. The van der Waals surface area contributed by atoms with Crippen LogP contribution in [0, 0.1) is 0 Å². The molecule has 0 aromatic rings. The van der Waals surface area contributed by atoms with Crippen LogP contribution in [0.2, 0.25) is 0 Å². The van der Waals surface area contributed by atoms with E-state index in [2.05, 4.69) is 37.9 Å². The molecule has 2 heteroatoms. The van der Waals surface area contributed by atoms with E-state index in [1.54, 1.807) is 0 Å². The van der Waals surface area contributed by atoms with Gasteiger partial charge in [0.15, 0.2) is 0 Å². The van der Waals surface area contributed by atoms with Crippen LogP contribution in [0.15, 0.2) is 0 Å². The normalized spacial score (nSPS) is 25.3. The summed E-state index contributed by atoms with van der Waals surface area (Å²) in [4.78, 5) is 2.70. The summed E-state index contributed by atoms with van der Waals surface area (Å²) in [6.45, 7) is 12.9. The molecule has 1 rings (SSSR count). The van der Waals surface area contributed by atoms with Gasteiger partial charge >= 0.3 is 0 Å². The Balaban J connectivity index is 2.61. The Bertz CT molecular complexity index is 166. The molecule has 2 nitrogen and oxygen atoms in total. The monoisotopic (exact) mass is 198 g/mol. The molecule has 1 saturated heterocycles. The van der Waals surface area contributed by atoms with Gasteiger partial charge in [0.05, 0.1) is 0 Å². The minimum atomic E-state index is 0.386. The fraction of sp³-hybridized carbons (Fsp3) is 1.00. The average Bonchev–Trinajstić information content (AvgIpc) is 2.18. The van der Waals surface area contributed by atoms with E-state index in [0.717, 1.165) is 12.6 Å². The Kier molecular flexibility index (Phi) is 4.39. The lowest BCUT2D eigenvalue weighted by Gasteiger charge is -2.46. The Morgan fingerprint density at radius 2 is 2.07 bits per heavy atom. The van der Waals surface area contributed by atoms with Gasteiger partial charge in [0, 0.05) is 31.2 Å². The Labute approximate surface area is 89.1 Å². The number of rotatable bonds is 4. The van der Waals surface area contributed by atoms with Crippen LogP contribution < -0.4 is 5.32 Å². The van der Waals surface area contributed by atoms with Crippen molar-refractivity contribution >= 4 is 0 Å². The van der Waals surface area contributed by atoms with Crippen LogP contribution in [-0.2, 0) is 0 Å². The first-order chi connectivity index (χ1) is 6.61. The maximum Gasteiger partial charge on any atom is 0.0223 e. The molecule has 1 unspecified atom stereocenters. The van der Waals surface area contributed by atoms with E-state index in [-0.39, 0.29) is 0 Å². The van der Waals surface area contributed by atoms with E-state index in [9.17, 15) is 0 Å². The average molecular weight is 198 g/mol. The Hall–Kier alpha value is -0.0800. The molecule has 1 heterocycles. The minimum Gasteiger partial charge on any atom is -0.314 e. The third-order valence-electron chi connectivity index (χ3n) is 3.46. The fourth-order valence-corrected chi connectivity index (χ4v) is 2.68. The number of nitrogens with one attached hydrogen (secondary N) is 1. The van der Waals surface area contributed by atoms with Gasteiger partial charge in [-0.15, -0.1) is 0 Å². The molecule has 0 radical (unpaired) electrons. The number of hydrogen-bond donors (Lipinski definition) is 1. The molecule has 14 heavy (non-hydrogen) atoms. The van der Waals surface area contributed by atoms with Gasteiger partial charge in [0.2, 0.25) is 0 Å². The van der Waals surface area contributed by atoms with E-state index in [1.165, 1.54) is 32.4 Å². The highest BCUT2D eigenvalue weighted by Gasteiger charge is 2.32. The van der Waals surface area contributed by atoms with Crippen molar-refractivity contribution in [1.82, 2.24) is 10.2 Å². The zero-order valence-electron chi connectivity index (χ0n) is 10.3. The van der Waals surface area contributed by atoms with Crippen LogP contribution in [-0.4, -0.2) is 36.1 Å². The predicted molar refractivity (Wildman–Crippen MR) is 62.6 cm³/mol. The van der Waals surface area contributed by atoms with Crippen LogP contribution in [0.3, 0.4) is 0 Å². The molecule has 0 saturated carbocycles. The largest absolute Gasteiger partial charge is 0.314 e. The molecule has 84 valence electrons. The Morgan fingerprint density at radius 3 is 2.64 bits per heavy atom. The van der Waals surface area contributed by atoms with Gasteiger partial charge in [0.25, 0.3) is 0 Å². The molecule has 1 fully saturated rings. The van der Waals surface area contributed by atoms with Crippen molar-refractivity contribution in [2.24, 2.45) is 0 Å². The zero-order valence-corrected chi connectivity index (χ0v) is 10.3. The van der Waals surface area contributed by atoms with E-state index in [4.69, 9.17) is 0 Å². The smallest absolute Gasteiger partial charge is 0.0223 e. The standard InChI is InChI=1S/C12H26N2/c1-5-7-12(3,4)14-9-8-13-10-11(14)6-2/h11,13H,5-10H2,1-4H3. The van der Waals surface area contributed by atoms with Crippen molar-refractivity contribution in [2.45, 2.75) is 58.5 Å². The van der Waals surface area contributed by atoms with Crippen LogP contribution in [0.5, 0.6) is 0 Å². The summed E-state index contributed by atoms with van der Waals surface area (Å²) in [5.41, 5.74) is 0.386. The van der Waals surface area contributed by atoms with Gasteiger partial charge in [-0.1, -0.05) is 20.3 Å². The topological polar surface area (TPSA) is 15.3 Å². The highest BCUT2D eigenvalue weighted by molar-refractivity contribution is 4.89. The lowest BCUT2D eigenvalue weighted by atomic mass is 9.92. The molecule has 0 bridgehead atoms. The van der Waals surface area contributed by atoms with Gasteiger partial charge in [0.1, 0.15) is 0 Å². The summed E-state index contributed by atoms with van der Waals surface area (Å²) in [6, 6.07) is 0.741. The molecule has 0 aromatic carbocycles. The third kappa shape index (κ3) is 2.71. The molecule has 0 aromatic heterocycles. The lowest BCUT2D eigenvalue weighted by Crippen LogP contribution is -2.58. The highest BCUT2D eigenvalue weighted by Crippen LogP contribution is 2.25. The van der Waals surface area contributed by atoms with Crippen molar-refractivity contribution in [3.8, 4) is 0 Å². The van der Waals surface area contributed by atoms with E-state index < -0.39 is 0 Å². The van der Waals surface area contributed by atoms with Crippen molar-refractivity contribution in [2.75, 3.05) is 19.6 Å². The van der Waals surface area contributed by atoms with Crippen LogP contribution in [0.4, 0.5) is 0 Å². The third-order valence-corrected chi connectivity index (χ3v) is 3.46. The molecule has 1 aliphatic rings. The molecule has 0 amide bonds. The second-order valence-corrected chi connectivity index (χ2v) is 5.02. The van der Waals surface area contributed by atoms with Gasteiger partial charge in [-0.25, -0.2) is 0 Å². The lowest BCUT2D eigenvalue weighted by molar-refractivity contribution is 0.0408. The zero-order chi connectivity index (χ0) is 10.6. The van der Waals surface area contributed by atoms with E-state index in [1.807, 2.05) is 0 Å². The first-order valence-corrected chi connectivity index (χ1v) is 6.09. The molecule has 1 atom stereocenters. The summed E-state index contributed by atoms with van der Waals surface area (Å²) in [6.07, 6.45) is 3.86. The van der Waals surface area contributed by atoms with Crippen molar-refractivity contribution in [1.29, 1.82) is 0 Å². The molecule has 0 aliphatic carbocycles. The second kappa shape index (κ2) is 5.13. The summed E-state index contributed by atoms with van der Waals surface area (Å²) in [5.74, 6) is 0. The van der Waals surface area contributed by atoms with Gasteiger partial charge in [-0.3, -0.25) is 4.90 Å². The first-order valence-electron chi connectivity index (χ1n) is 6.09. The molecular weight excluding hydrogens is 172 g/mol. The van der Waals surface area contributed by atoms with Crippen LogP contribution in [0.1, 0.15) is 47.0 Å². The molecule has 1 N–H and O–H groups in total. The summed E-state index contributed by atoms with van der Waals surface area (Å²) >= 11 is 0. The molecule has 1 aliphatic heterocycles. The van der Waals surface area contributed by atoms with E-state index >= 15 is 0 Å². The second-order valence-electron chi connectivity index (χ2n) is 5.02. The van der Waals surface area contributed by atoms with Gasteiger partial charge in [-0.2, -0.15) is 0 Å². The predicted octanol–water partition coefficient (Wildman–Crippen LogP) is 2.25. The fourth-order valence-electron chi connectivity index (χ4n) is 2.68. The number of nitrogens with zero attached hydrogens (tertiary/aromatic N) is 1. The Morgan fingerprint density at radius 1 is 1.36 bits per heavy atom. The number of hydrogen-bond acceptors (Lipinski definition) is 2. The number of piperazine rings is 1. The first kappa shape index (κ1) is 12.0. The van der Waals surface area contributed by atoms with Crippen molar-refractivity contribution in [3.63, 3.8) is 0 Å². The maximum atomic E-state index is 3.49. The van der Waals surface area contributed by atoms with Crippen molar-refractivity contribution in [3.05, 3.63) is 0 Å². The van der Waals surface area contributed by atoms with Crippen LogP contribution >= 0.6 is 0 Å². The van der Waals surface area contributed by atoms with Crippen LogP contribution in [0.25, 0.3) is 0 Å². The van der Waals surface area contributed by atoms with Crippen molar-refractivity contribution < 1.29 is 0 Å². The highest BCUT2D eigenvalue weighted by atomic mass is 15.3. The minimum absolute atomic E-state index is 0.386. The van der Waals surface area contributed by atoms with Gasteiger partial charge < -0.3 is 5.32 Å². The molecular formula is C12H26N2. The van der Waals surface area contributed by atoms with E-state index in [0.29, 0.717) is 5.54 Å². The summed E-state index contributed by atoms with van der Waals surface area (Å²) < 4.78 is 0. The SMILES string of the molecule is CCCC(C)(C)N1CCNCC1CC. The van der Waals surface area contributed by atoms with Gasteiger partial charge in [-0.05, 0) is 26.7 Å². The maximum absolute atomic E-state index is 3.49. The summed E-state index contributed by atoms with van der Waals surface area (Å²) in [7, 11) is 0. The molecule has 0 spiro atoms.